The van der Waals surface area contributed by atoms with Gasteiger partial charge in [-0.05, 0) is 123 Å². The van der Waals surface area contributed by atoms with E-state index in [-0.39, 0.29) is 0 Å². The quantitative estimate of drug-likeness (QED) is 0.399. The monoisotopic (exact) mass is 392 g/mol. The predicted octanol–water partition coefficient (Wildman–Crippen LogP) is 7.82. The van der Waals surface area contributed by atoms with E-state index in [0.717, 1.165) is 59.2 Å². The first-order chi connectivity index (χ1) is 14.3. The second kappa shape index (κ2) is 8.20. The van der Waals surface area contributed by atoms with Gasteiger partial charge < -0.3 is 0 Å². The van der Waals surface area contributed by atoms with Crippen LogP contribution in [0.4, 0.5) is 0 Å². The minimum absolute atomic E-state index is 0.525. The lowest BCUT2D eigenvalue weighted by Gasteiger charge is -2.59. The predicted molar refractivity (Wildman–Crippen MR) is 123 cm³/mol. The highest BCUT2D eigenvalue weighted by Crippen LogP contribution is 2.61. The van der Waals surface area contributed by atoms with Crippen molar-refractivity contribution in [2.24, 2.45) is 59.2 Å². The van der Waals surface area contributed by atoms with Gasteiger partial charge in [-0.3, -0.25) is 0 Å². The highest BCUT2D eigenvalue weighted by molar-refractivity contribution is 6.11. The largest absolute Gasteiger partial charge is 0.0771 e. The van der Waals surface area contributed by atoms with E-state index in [1.54, 1.807) is 83.5 Å². The van der Waals surface area contributed by atoms with Gasteiger partial charge in [0.1, 0.15) is 0 Å². The summed E-state index contributed by atoms with van der Waals surface area (Å²) in [6.07, 6.45) is 26.3. The average molecular weight is 392 g/mol. The maximum absolute atomic E-state index is 6.31. The molecule has 1 heteroatoms. The summed E-state index contributed by atoms with van der Waals surface area (Å²) in [5.41, 5.74) is 0. The summed E-state index contributed by atoms with van der Waals surface area (Å²) in [6, 6.07) is 0. The normalized spacial score (nSPS) is 55.1. The lowest BCUT2D eigenvalue weighted by Crippen LogP contribution is -2.51. The van der Waals surface area contributed by atoms with Gasteiger partial charge >= 0.3 is 0 Å². The fourth-order valence-corrected chi connectivity index (χ4v) is 10.6. The van der Waals surface area contributed by atoms with Crippen LogP contribution >= 0.6 is 0 Å². The van der Waals surface area contributed by atoms with E-state index >= 15 is 0 Å². The lowest BCUT2D eigenvalue weighted by molar-refractivity contribution is -0.0955. The Bertz CT molecular complexity index is 557. The third-order valence-electron chi connectivity index (χ3n) is 11.8. The Morgan fingerprint density at radius 3 is 1.38 bits per heavy atom. The van der Waals surface area contributed by atoms with E-state index in [1.807, 2.05) is 0 Å². The minimum atomic E-state index is 0.525. The van der Waals surface area contributed by atoms with Crippen molar-refractivity contribution in [3.8, 4) is 0 Å². The maximum Gasteiger partial charge on any atom is 0.0699 e. The average Bonchev–Trinajstić information content (AvgIpc) is 2.78. The van der Waals surface area contributed by atoms with Crippen molar-refractivity contribution in [2.75, 3.05) is 0 Å². The third-order valence-corrected chi connectivity index (χ3v) is 11.8. The first kappa shape index (κ1) is 19.7. The molecule has 0 amide bonds. The van der Waals surface area contributed by atoms with Crippen LogP contribution in [-0.4, -0.2) is 7.85 Å². The molecule has 29 heavy (non-hydrogen) atoms. The molecule has 6 saturated carbocycles. The molecule has 6 rings (SSSR count). The SMILES string of the molecule is [B]C1CCC2CC(C3CCC4C5CCCCC5C5CCCCC5C4C3)CCC2C1. The van der Waals surface area contributed by atoms with Crippen molar-refractivity contribution in [3.05, 3.63) is 0 Å². The zero-order chi connectivity index (χ0) is 19.4. The molecule has 0 aliphatic heterocycles. The summed E-state index contributed by atoms with van der Waals surface area (Å²) in [5.74, 6) is 11.6. The molecule has 6 fully saturated rings. The molecule has 11 unspecified atom stereocenters. The molecule has 0 saturated heterocycles. The van der Waals surface area contributed by atoms with Gasteiger partial charge in [-0.25, -0.2) is 0 Å². The van der Waals surface area contributed by atoms with Crippen LogP contribution in [0.25, 0.3) is 0 Å². The molecular formula is C28H45B. The van der Waals surface area contributed by atoms with Crippen LogP contribution < -0.4 is 0 Å². The summed E-state index contributed by atoms with van der Waals surface area (Å²) < 4.78 is 0. The fourth-order valence-electron chi connectivity index (χ4n) is 10.6. The standard InChI is InChI=1S/C28H45B/c29-22-13-11-19-15-18(9-10-20(19)16-22)21-12-14-27-25-7-2-1-5-23(25)24-6-3-4-8-26(24)28(27)17-21/h18-28H,1-17H2. The molecule has 0 heterocycles. The van der Waals surface area contributed by atoms with Gasteiger partial charge in [-0.1, -0.05) is 50.8 Å². The fraction of sp³-hybridized carbons (Fsp3) is 1.00. The smallest absolute Gasteiger partial charge is 0.0699 e. The van der Waals surface area contributed by atoms with Crippen LogP contribution in [0.2, 0.25) is 5.82 Å². The Morgan fingerprint density at radius 2 is 0.759 bits per heavy atom. The van der Waals surface area contributed by atoms with Crippen LogP contribution in [0.5, 0.6) is 0 Å². The zero-order valence-electron chi connectivity index (χ0n) is 18.9. The van der Waals surface area contributed by atoms with Crippen molar-refractivity contribution >= 4 is 7.85 Å². The molecule has 0 aromatic heterocycles. The van der Waals surface area contributed by atoms with Crippen LogP contribution in [0.3, 0.4) is 0 Å². The van der Waals surface area contributed by atoms with Gasteiger partial charge in [0, 0.05) is 0 Å². The molecule has 0 aromatic carbocycles. The van der Waals surface area contributed by atoms with E-state index in [0.29, 0.717) is 5.82 Å². The van der Waals surface area contributed by atoms with E-state index < -0.39 is 0 Å². The van der Waals surface area contributed by atoms with E-state index in [9.17, 15) is 0 Å². The summed E-state index contributed by atoms with van der Waals surface area (Å²) >= 11 is 0. The number of rotatable bonds is 1. The van der Waals surface area contributed by atoms with Crippen molar-refractivity contribution in [1.29, 1.82) is 0 Å². The summed E-state index contributed by atoms with van der Waals surface area (Å²) in [5, 5.41) is 0. The van der Waals surface area contributed by atoms with Crippen molar-refractivity contribution < 1.29 is 0 Å². The Hall–Kier alpha value is 0.0649. The molecule has 6 aliphatic carbocycles. The van der Waals surface area contributed by atoms with Crippen LogP contribution in [-0.2, 0) is 0 Å². The summed E-state index contributed by atoms with van der Waals surface area (Å²) in [7, 11) is 6.31. The van der Waals surface area contributed by atoms with Gasteiger partial charge in [0.2, 0.25) is 0 Å². The Morgan fingerprint density at radius 1 is 0.345 bits per heavy atom. The zero-order valence-corrected chi connectivity index (χ0v) is 18.9. The number of fused-ring (bicyclic) bond motifs is 7. The minimum Gasteiger partial charge on any atom is -0.0771 e. The summed E-state index contributed by atoms with van der Waals surface area (Å²) in [6.45, 7) is 0. The van der Waals surface area contributed by atoms with E-state index in [4.69, 9.17) is 7.85 Å². The molecular weight excluding hydrogens is 347 g/mol. The molecule has 0 nitrogen and oxygen atoms in total. The van der Waals surface area contributed by atoms with E-state index in [2.05, 4.69) is 0 Å². The van der Waals surface area contributed by atoms with Crippen LogP contribution in [0, 0.1) is 59.2 Å². The van der Waals surface area contributed by atoms with Gasteiger partial charge in [0.15, 0.2) is 0 Å². The van der Waals surface area contributed by atoms with Gasteiger partial charge in [0.25, 0.3) is 0 Å². The van der Waals surface area contributed by atoms with E-state index in [1.165, 1.54) is 25.7 Å². The first-order valence-corrected chi connectivity index (χ1v) is 14.0. The summed E-state index contributed by atoms with van der Waals surface area (Å²) in [4.78, 5) is 0. The first-order valence-electron chi connectivity index (χ1n) is 14.0. The number of hydrogen-bond donors (Lipinski definition) is 0. The van der Waals surface area contributed by atoms with Gasteiger partial charge in [0.05, 0.1) is 7.85 Å². The Balaban J connectivity index is 1.17. The molecule has 160 valence electrons. The molecule has 0 aromatic rings. The maximum atomic E-state index is 6.31. The molecule has 2 radical (unpaired) electrons. The molecule has 0 N–H and O–H groups in total. The molecule has 11 atom stereocenters. The highest BCUT2D eigenvalue weighted by atomic mass is 14.6. The van der Waals surface area contributed by atoms with Crippen molar-refractivity contribution in [1.82, 2.24) is 0 Å². The lowest BCUT2D eigenvalue weighted by atomic mass is 9.46. The Labute approximate surface area is 182 Å². The van der Waals surface area contributed by atoms with Gasteiger partial charge in [-0.15, -0.1) is 0 Å². The molecule has 0 bridgehead atoms. The Kier molecular flexibility index (Phi) is 5.58. The topological polar surface area (TPSA) is 0 Å². The molecule has 0 spiro atoms. The number of hydrogen-bond acceptors (Lipinski definition) is 0. The second-order valence-corrected chi connectivity index (χ2v) is 12.8. The molecule has 6 aliphatic rings. The van der Waals surface area contributed by atoms with Gasteiger partial charge in [-0.2, -0.15) is 0 Å². The second-order valence-electron chi connectivity index (χ2n) is 12.8. The van der Waals surface area contributed by atoms with Crippen LogP contribution in [0.15, 0.2) is 0 Å². The van der Waals surface area contributed by atoms with Crippen molar-refractivity contribution in [2.45, 2.75) is 115 Å². The third kappa shape index (κ3) is 3.57. The van der Waals surface area contributed by atoms with Crippen molar-refractivity contribution in [3.63, 3.8) is 0 Å². The van der Waals surface area contributed by atoms with Crippen LogP contribution in [0.1, 0.15) is 109 Å². The highest BCUT2D eigenvalue weighted by Gasteiger charge is 2.53.